The van der Waals surface area contributed by atoms with Gasteiger partial charge in [0.1, 0.15) is 11.8 Å². The van der Waals surface area contributed by atoms with E-state index in [1.54, 1.807) is 29.2 Å². The lowest BCUT2D eigenvalue weighted by Crippen LogP contribution is -2.49. The fourth-order valence-corrected chi connectivity index (χ4v) is 4.47. The molecule has 2 amide bonds. The summed E-state index contributed by atoms with van der Waals surface area (Å²) in [6.45, 7) is 2.61. The lowest BCUT2D eigenvalue weighted by atomic mass is 10.1. The summed E-state index contributed by atoms with van der Waals surface area (Å²) in [5.41, 5.74) is 0.977. The van der Waals surface area contributed by atoms with Gasteiger partial charge >= 0.3 is 0 Å². The topological polar surface area (TPSA) is 58.6 Å². The molecule has 0 spiro atoms. The minimum atomic E-state index is -0.542. The van der Waals surface area contributed by atoms with E-state index in [-0.39, 0.29) is 17.9 Å². The van der Waals surface area contributed by atoms with Crippen LogP contribution in [0.1, 0.15) is 51.0 Å². The van der Waals surface area contributed by atoms with Crippen molar-refractivity contribution in [2.75, 3.05) is 6.61 Å². The summed E-state index contributed by atoms with van der Waals surface area (Å²) in [4.78, 5) is 27.7. The van der Waals surface area contributed by atoms with E-state index in [0.717, 1.165) is 41.5 Å². The normalized spacial score (nSPS) is 14.7. The minimum Gasteiger partial charge on any atom is -0.494 e. The van der Waals surface area contributed by atoms with Gasteiger partial charge in [-0.3, -0.25) is 9.59 Å². The van der Waals surface area contributed by atoms with Crippen molar-refractivity contribution in [2.45, 2.75) is 64.1 Å². The number of amides is 2. The second kappa shape index (κ2) is 12.3. The maximum Gasteiger partial charge on any atom is 0.242 e. The fraction of sp³-hybridized carbons (Fsp3) is 0.440. The van der Waals surface area contributed by atoms with Crippen LogP contribution >= 0.6 is 27.5 Å². The number of halogens is 2. The molecular weight excluding hydrogens is 492 g/mol. The molecule has 0 radical (unpaired) electrons. The van der Waals surface area contributed by atoms with Crippen molar-refractivity contribution in [1.82, 2.24) is 10.2 Å². The van der Waals surface area contributed by atoms with Crippen molar-refractivity contribution in [3.8, 4) is 5.75 Å². The number of hydrogen-bond donors (Lipinski definition) is 1. The molecule has 7 heteroatoms. The second-order valence-electron chi connectivity index (χ2n) is 8.22. The van der Waals surface area contributed by atoms with Gasteiger partial charge in [0.2, 0.25) is 11.8 Å². The molecule has 0 heterocycles. The Morgan fingerprint density at radius 1 is 1.19 bits per heavy atom. The molecule has 2 aromatic rings. The summed E-state index contributed by atoms with van der Waals surface area (Å²) < 4.78 is 6.65. The Morgan fingerprint density at radius 3 is 2.59 bits per heavy atom. The van der Waals surface area contributed by atoms with E-state index in [9.17, 15) is 9.59 Å². The predicted molar refractivity (Wildman–Crippen MR) is 131 cm³/mol. The Kier molecular flexibility index (Phi) is 9.42. The van der Waals surface area contributed by atoms with Gasteiger partial charge in [0.15, 0.2) is 0 Å². The number of ether oxygens (including phenoxy) is 1. The molecule has 2 aromatic carbocycles. The van der Waals surface area contributed by atoms with E-state index < -0.39 is 6.04 Å². The molecule has 1 fully saturated rings. The van der Waals surface area contributed by atoms with Crippen molar-refractivity contribution in [3.05, 3.63) is 63.6 Å². The zero-order chi connectivity index (χ0) is 22.9. The van der Waals surface area contributed by atoms with Gasteiger partial charge in [-0.05, 0) is 68.1 Å². The summed E-state index contributed by atoms with van der Waals surface area (Å²) in [7, 11) is 0. The third kappa shape index (κ3) is 7.52. The summed E-state index contributed by atoms with van der Waals surface area (Å²) in [6.07, 6.45) is 5.19. The van der Waals surface area contributed by atoms with Gasteiger partial charge in [-0.15, -0.1) is 0 Å². The number of rotatable bonds is 10. The fourth-order valence-electron chi connectivity index (χ4n) is 3.89. The third-order valence-electron chi connectivity index (χ3n) is 5.73. The van der Waals surface area contributed by atoms with Crippen LogP contribution in [0.15, 0.2) is 53.0 Å². The van der Waals surface area contributed by atoms with Crippen LogP contribution in [0.5, 0.6) is 5.75 Å². The Balaban J connectivity index is 1.59. The van der Waals surface area contributed by atoms with E-state index in [1.807, 2.05) is 31.2 Å². The summed E-state index contributed by atoms with van der Waals surface area (Å²) in [5, 5.41) is 3.78. The molecule has 172 valence electrons. The molecule has 1 saturated carbocycles. The first-order valence-electron chi connectivity index (χ1n) is 11.1. The predicted octanol–water partition coefficient (Wildman–Crippen LogP) is 5.74. The van der Waals surface area contributed by atoms with Crippen LogP contribution in [0.25, 0.3) is 0 Å². The van der Waals surface area contributed by atoms with Crippen molar-refractivity contribution in [1.29, 1.82) is 0 Å². The van der Waals surface area contributed by atoms with Crippen molar-refractivity contribution in [3.63, 3.8) is 0 Å². The number of nitrogens with zero attached hydrogens (tertiary/aromatic N) is 1. The molecule has 0 bridgehead atoms. The smallest absolute Gasteiger partial charge is 0.242 e. The van der Waals surface area contributed by atoms with Crippen LogP contribution in [0.2, 0.25) is 5.02 Å². The van der Waals surface area contributed by atoms with E-state index in [2.05, 4.69) is 21.2 Å². The SMILES string of the molecule is C[C@H](C(=O)NC1CCCC1)N(Cc1cccc(Br)c1)C(=O)CCCOc1ccc(Cl)cc1. The summed E-state index contributed by atoms with van der Waals surface area (Å²) in [6, 6.07) is 14.7. The van der Waals surface area contributed by atoms with E-state index >= 15 is 0 Å². The summed E-state index contributed by atoms with van der Waals surface area (Å²) >= 11 is 9.38. The average molecular weight is 522 g/mol. The van der Waals surface area contributed by atoms with Crippen LogP contribution in [0.3, 0.4) is 0 Å². The number of benzene rings is 2. The number of carbonyl (C=O) groups is 2. The number of nitrogens with one attached hydrogen (secondary N) is 1. The monoisotopic (exact) mass is 520 g/mol. The van der Waals surface area contributed by atoms with Gasteiger partial charge in [-0.1, -0.05) is 52.5 Å². The Bertz CT molecular complexity index is 900. The Labute approximate surface area is 203 Å². The van der Waals surface area contributed by atoms with Crippen LogP contribution in [0.4, 0.5) is 0 Å². The molecule has 1 atom stereocenters. The van der Waals surface area contributed by atoms with Gasteiger partial charge in [-0.25, -0.2) is 0 Å². The quantitative estimate of drug-likeness (QED) is 0.406. The highest BCUT2D eigenvalue weighted by atomic mass is 79.9. The van der Waals surface area contributed by atoms with Crippen molar-refractivity contribution < 1.29 is 14.3 Å². The first-order valence-corrected chi connectivity index (χ1v) is 12.3. The van der Waals surface area contributed by atoms with Crippen molar-refractivity contribution in [2.24, 2.45) is 0 Å². The minimum absolute atomic E-state index is 0.0567. The highest BCUT2D eigenvalue weighted by molar-refractivity contribution is 9.10. The molecule has 1 aliphatic rings. The maximum absolute atomic E-state index is 13.1. The Hall–Kier alpha value is -2.05. The molecule has 3 rings (SSSR count). The van der Waals surface area contributed by atoms with Gasteiger partial charge in [-0.2, -0.15) is 0 Å². The lowest BCUT2D eigenvalue weighted by Gasteiger charge is -2.30. The summed E-state index contributed by atoms with van der Waals surface area (Å²) in [5.74, 6) is 0.577. The number of hydrogen-bond acceptors (Lipinski definition) is 3. The zero-order valence-electron chi connectivity index (χ0n) is 18.4. The van der Waals surface area contributed by atoms with E-state index in [0.29, 0.717) is 31.0 Å². The highest BCUT2D eigenvalue weighted by Gasteiger charge is 2.28. The highest BCUT2D eigenvalue weighted by Crippen LogP contribution is 2.20. The molecule has 1 N–H and O–H groups in total. The first kappa shape index (κ1) is 24.6. The molecule has 32 heavy (non-hydrogen) atoms. The van der Waals surface area contributed by atoms with Gasteiger partial charge in [0.05, 0.1) is 6.61 Å². The molecular formula is C25H30BrClN2O3. The Morgan fingerprint density at radius 2 is 1.91 bits per heavy atom. The van der Waals surface area contributed by atoms with Crippen LogP contribution < -0.4 is 10.1 Å². The van der Waals surface area contributed by atoms with Gasteiger partial charge < -0.3 is 15.0 Å². The largest absolute Gasteiger partial charge is 0.494 e. The molecule has 0 saturated heterocycles. The molecule has 1 aliphatic carbocycles. The van der Waals surface area contributed by atoms with Gasteiger partial charge in [0.25, 0.3) is 0 Å². The standard InChI is InChI=1S/C25H30BrClN2O3/c1-18(25(31)28-22-8-2-3-9-22)29(17-19-6-4-7-20(26)16-19)24(30)10-5-15-32-23-13-11-21(27)12-14-23/h4,6-7,11-14,16,18,22H,2-3,5,8-10,15,17H2,1H3,(H,28,31)/t18-/m1/s1. The third-order valence-corrected chi connectivity index (χ3v) is 6.47. The molecule has 0 aliphatic heterocycles. The molecule has 0 aromatic heterocycles. The second-order valence-corrected chi connectivity index (χ2v) is 9.58. The lowest BCUT2D eigenvalue weighted by molar-refractivity contribution is -0.141. The first-order chi connectivity index (χ1) is 15.4. The average Bonchev–Trinajstić information content (AvgIpc) is 3.28. The maximum atomic E-state index is 13.1. The van der Waals surface area contributed by atoms with E-state index in [4.69, 9.17) is 16.3 Å². The van der Waals surface area contributed by atoms with Crippen LogP contribution in [-0.2, 0) is 16.1 Å². The number of carbonyl (C=O) groups excluding carboxylic acids is 2. The van der Waals surface area contributed by atoms with Gasteiger partial charge in [0, 0.05) is 28.5 Å². The van der Waals surface area contributed by atoms with Crippen LogP contribution in [0, 0.1) is 0 Å². The van der Waals surface area contributed by atoms with E-state index in [1.165, 1.54) is 0 Å². The zero-order valence-corrected chi connectivity index (χ0v) is 20.7. The molecule has 0 unspecified atom stereocenters. The van der Waals surface area contributed by atoms with Crippen LogP contribution in [-0.4, -0.2) is 35.4 Å². The van der Waals surface area contributed by atoms with Crippen molar-refractivity contribution >= 4 is 39.3 Å². The molecule has 5 nitrogen and oxygen atoms in total.